The number of rotatable bonds is 3. The summed E-state index contributed by atoms with van der Waals surface area (Å²) in [5.74, 6) is 1.65. The van der Waals surface area contributed by atoms with Crippen molar-refractivity contribution >= 4 is 17.1 Å². The normalized spacial score (nSPS) is 15.4. The molecule has 1 aliphatic heterocycles. The lowest BCUT2D eigenvalue weighted by atomic mass is 9.95. The van der Waals surface area contributed by atoms with E-state index in [2.05, 4.69) is 15.3 Å². The van der Waals surface area contributed by atoms with Crippen molar-refractivity contribution in [2.45, 2.75) is 18.8 Å². The Kier molecular flexibility index (Phi) is 3.96. The van der Waals surface area contributed by atoms with Crippen molar-refractivity contribution in [3.63, 3.8) is 0 Å². The molecule has 1 fully saturated rings. The molecule has 4 aromatic heterocycles. The number of likely N-dealkylation sites (tertiary alicyclic amines) is 1. The predicted octanol–water partition coefficient (Wildman–Crippen LogP) is 2.41. The molecule has 5 heterocycles. The van der Waals surface area contributed by atoms with Gasteiger partial charge in [-0.15, -0.1) is 15.3 Å². The van der Waals surface area contributed by atoms with E-state index < -0.39 is 0 Å². The van der Waals surface area contributed by atoms with Gasteiger partial charge in [-0.2, -0.15) is 4.52 Å². The number of piperidine rings is 1. The first kappa shape index (κ1) is 16.7. The second-order valence-electron chi connectivity index (χ2n) is 7.03. The summed E-state index contributed by atoms with van der Waals surface area (Å²) < 4.78 is 8.94. The van der Waals surface area contributed by atoms with Crippen LogP contribution in [0.3, 0.4) is 0 Å². The number of carbonyl (C=O) groups is 1. The summed E-state index contributed by atoms with van der Waals surface area (Å²) in [5.41, 5.74) is 2.45. The highest BCUT2D eigenvalue weighted by Gasteiger charge is 2.28. The molecular weight excluding hydrogens is 356 g/mol. The molecule has 0 N–H and O–H groups in total. The van der Waals surface area contributed by atoms with Gasteiger partial charge in [0.1, 0.15) is 0 Å². The van der Waals surface area contributed by atoms with Crippen molar-refractivity contribution < 1.29 is 9.53 Å². The Bertz CT molecular complexity index is 1120. The lowest BCUT2D eigenvalue weighted by Gasteiger charge is -2.30. The molecule has 28 heavy (non-hydrogen) atoms. The Morgan fingerprint density at radius 1 is 1.14 bits per heavy atom. The molecule has 1 amide bonds. The van der Waals surface area contributed by atoms with Gasteiger partial charge < -0.3 is 14.0 Å². The summed E-state index contributed by atoms with van der Waals surface area (Å²) in [6.07, 6.45) is 5.51. The van der Waals surface area contributed by atoms with Crippen LogP contribution in [0.4, 0.5) is 0 Å². The van der Waals surface area contributed by atoms with Crippen LogP contribution in [0.5, 0.6) is 5.88 Å². The summed E-state index contributed by atoms with van der Waals surface area (Å²) >= 11 is 0. The summed E-state index contributed by atoms with van der Waals surface area (Å²) in [5, 5.41) is 13.0. The number of aromatic nitrogens is 5. The number of ether oxygens (including phenoxy) is 1. The van der Waals surface area contributed by atoms with Gasteiger partial charge in [-0.05, 0) is 37.1 Å². The highest BCUT2D eigenvalue weighted by Crippen LogP contribution is 2.28. The molecule has 0 saturated carbocycles. The highest BCUT2D eigenvalue weighted by molar-refractivity contribution is 5.95. The minimum Gasteiger partial charge on any atom is -0.480 e. The third-order valence-corrected chi connectivity index (χ3v) is 5.37. The van der Waals surface area contributed by atoms with Gasteiger partial charge in [0.05, 0.1) is 12.7 Å². The molecule has 0 aliphatic carbocycles. The number of fused-ring (bicyclic) bond motifs is 2. The van der Waals surface area contributed by atoms with E-state index in [1.165, 1.54) is 0 Å². The maximum atomic E-state index is 12.9. The number of pyridine rings is 1. The first-order valence-corrected chi connectivity index (χ1v) is 9.35. The highest BCUT2D eigenvalue weighted by atomic mass is 16.5. The maximum absolute atomic E-state index is 12.9. The van der Waals surface area contributed by atoms with Gasteiger partial charge in [-0.1, -0.05) is 6.07 Å². The average Bonchev–Trinajstić information content (AvgIpc) is 3.37. The van der Waals surface area contributed by atoms with Crippen LogP contribution in [0.2, 0.25) is 0 Å². The largest absolute Gasteiger partial charge is 0.480 e. The monoisotopic (exact) mass is 376 g/mol. The van der Waals surface area contributed by atoms with E-state index >= 15 is 0 Å². The van der Waals surface area contributed by atoms with E-state index in [4.69, 9.17) is 4.74 Å². The second kappa shape index (κ2) is 6.63. The Balaban J connectivity index is 1.33. The molecule has 1 aliphatic rings. The van der Waals surface area contributed by atoms with Crippen LogP contribution in [-0.4, -0.2) is 55.2 Å². The van der Waals surface area contributed by atoms with Crippen LogP contribution < -0.4 is 4.74 Å². The summed E-state index contributed by atoms with van der Waals surface area (Å²) in [6.45, 7) is 1.38. The molecule has 8 heteroatoms. The molecule has 4 aromatic rings. The van der Waals surface area contributed by atoms with Gasteiger partial charge >= 0.3 is 0 Å². The van der Waals surface area contributed by atoms with Gasteiger partial charge in [0.15, 0.2) is 11.5 Å². The summed E-state index contributed by atoms with van der Waals surface area (Å²) in [7, 11) is 1.59. The van der Waals surface area contributed by atoms with Crippen molar-refractivity contribution in [2.24, 2.45) is 0 Å². The standard InChI is InChI=1S/C20H20N6O2/c1-28-18-6-5-17-21-22-19(26(17)23-18)14-7-10-24(11-8-14)20(27)15-12-16-4-2-3-9-25(16)13-15/h2-6,9,12-14H,7-8,10-11H2,1H3. The number of methoxy groups -OCH3 is 1. The second-order valence-corrected chi connectivity index (χ2v) is 7.03. The van der Waals surface area contributed by atoms with E-state index in [1.807, 2.05) is 52.0 Å². The Labute approximate surface area is 161 Å². The smallest absolute Gasteiger partial charge is 0.255 e. The summed E-state index contributed by atoms with van der Waals surface area (Å²) in [6, 6.07) is 11.5. The zero-order valence-corrected chi connectivity index (χ0v) is 15.5. The van der Waals surface area contributed by atoms with Crippen molar-refractivity contribution in [3.05, 3.63) is 60.2 Å². The van der Waals surface area contributed by atoms with Crippen LogP contribution >= 0.6 is 0 Å². The molecule has 1 saturated heterocycles. The lowest BCUT2D eigenvalue weighted by Crippen LogP contribution is -2.38. The van der Waals surface area contributed by atoms with E-state index in [9.17, 15) is 4.79 Å². The number of carbonyl (C=O) groups excluding carboxylic acids is 1. The molecule has 0 radical (unpaired) electrons. The number of hydrogen-bond donors (Lipinski definition) is 0. The maximum Gasteiger partial charge on any atom is 0.255 e. The molecule has 5 rings (SSSR count). The quantitative estimate of drug-likeness (QED) is 0.549. The first-order valence-electron chi connectivity index (χ1n) is 9.35. The molecule has 0 aromatic carbocycles. The number of hydrogen-bond acceptors (Lipinski definition) is 5. The fourth-order valence-corrected chi connectivity index (χ4v) is 3.85. The van der Waals surface area contributed by atoms with E-state index in [0.29, 0.717) is 24.6 Å². The van der Waals surface area contributed by atoms with Crippen LogP contribution in [0, 0.1) is 0 Å². The zero-order valence-electron chi connectivity index (χ0n) is 15.5. The predicted molar refractivity (Wildman–Crippen MR) is 103 cm³/mol. The molecule has 0 atom stereocenters. The van der Waals surface area contributed by atoms with Crippen molar-refractivity contribution in [3.8, 4) is 5.88 Å². The van der Waals surface area contributed by atoms with Crippen molar-refractivity contribution in [1.82, 2.24) is 29.1 Å². The Morgan fingerprint density at radius 3 is 2.79 bits per heavy atom. The SMILES string of the molecule is COc1ccc2nnc(C3CCN(C(=O)c4cc5ccccn5c4)CC3)n2n1. The van der Waals surface area contributed by atoms with Gasteiger partial charge in [0, 0.05) is 43.0 Å². The average molecular weight is 376 g/mol. The van der Waals surface area contributed by atoms with Gasteiger partial charge in [-0.3, -0.25) is 4.79 Å². The molecule has 8 nitrogen and oxygen atoms in total. The van der Waals surface area contributed by atoms with E-state index in [-0.39, 0.29) is 11.8 Å². The molecular formula is C20H20N6O2. The van der Waals surface area contributed by atoms with Gasteiger partial charge in [-0.25, -0.2) is 0 Å². The minimum absolute atomic E-state index is 0.0769. The van der Waals surface area contributed by atoms with Crippen LogP contribution in [0.25, 0.3) is 11.2 Å². The third kappa shape index (κ3) is 2.77. The Morgan fingerprint density at radius 2 is 2.00 bits per heavy atom. The van der Waals surface area contributed by atoms with E-state index in [1.54, 1.807) is 17.7 Å². The van der Waals surface area contributed by atoms with Crippen LogP contribution in [-0.2, 0) is 0 Å². The lowest BCUT2D eigenvalue weighted by molar-refractivity contribution is 0.0711. The summed E-state index contributed by atoms with van der Waals surface area (Å²) in [4.78, 5) is 14.8. The van der Waals surface area contributed by atoms with Crippen LogP contribution in [0.1, 0.15) is 34.9 Å². The number of amides is 1. The molecule has 0 spiro atoms. The zero-order chi connectivity index (χ0) is 19.1. The van der Waals surface area contributed by atoms with Gasteiger partial charge in [0.2, 0.25) is 5.88 Å². The molecule has 0 bridgehead atoms. The van der Waals surface area contributed by atoms with E-state index in [0.717, 1.165) is 29.7 Å². The van der Waals surface area contributed by atoms with Crippen molar-refractivity contribution in [1.29, 1.82) is 0 Å². The molecule has 142 valence electrons. The first-order chi connectivity index (χ1) is 13.7. The van der Waals surface area contributed by atoms with Gasteiger partial charge in [0.25, 0.3) is 5.91 Å². The molecule has 0 unspecified atom stereocenters. The fourth-order valence-electron chi connectivity index (χ4n) is 3.85. The topological polar surface area (TPSA) is 77.0 Å². The van der Waals surface area contributed by atoms with Crippen molar-refractivity contribution in [2.75, 3.05) is 20.2 Å². The van der Waals surface area contributed by atoms with Crippen LogP contribution in [0.15, 0.2) is 48.8 Å². The fraction of sp³-hybridized carbons (Fsp3) is 0.300. The number of nitrogens with zero attached hydrogens (tertiary/aromatic N) is 6. The third-order valence-electron chi connectivity index (χ3n) is 5.37. The Hall–Kier alpha value is -3.42. The minimum atomic E-state index is 0.0769.